The number of carbonyl (C=O) groups is 2. The Kier molecular flexibility index (Phi) is 4.28. The van der Waals surface area contributed by atoms with E-state index in [-0.39, 0.29) is 11.8 Å². The summed E-state index contributed by atoms with van der Waals surface area (Å²) in [7, 11) is 0. The molecule has 0 radical (unpaired) electrons. The third-order valence-corrected chi connectivity index (χ3v) is 5.48. The Balaban J connectivity index is 1.29. The van der Waals surface area contributed by atoms with Gasteiger partial charge in [0, 0.05) is 29.4 Å². The average molecular weight is 409 g/mol. The van der Waals surface area contributed by atoms with E-state index < -0.39 is 6.10 Å². The number of nitrogens with zero attached hydrogens (tertiary/aromatic N) is 1. The van der Waals surface area contributed by atoms with Gasteiger partial charge in [0.1, 0.15) is 12.0 Å². The molecule has 0 saturated heterocycles. The molecular formula is C22H17ClN2O4. The maximum absolute atomic E-state index is 12.7. The van der Waals surface area contributed by atoms with E-state index in [2.05, 4.69) is 5.32 Å². The highest BCUT2D eigenvalue weighted by molar-refractivity contribution is 6.30. The van der Waals surface area contributed by atoms with Gasteiger partial charge in [0.2, 0.25) is 0 Å². The van der Waals surface area contributed by atoms with Crippen LogP contribution in [-0.2, 0) is 17.6 Å². The van der Waals surface area contributed by atoms with Crippen molar-refractivity contribution in [2.75, 3.05) is 16.8 Å². The van der Waals surface area contributed by atoms with Gasteiger partial charge >= 0.3 is 0 Å². The van der Waals surface area contributed by atoms with Crippen LogP contribution >= 0.6 is 11.6 Å². The number of ether oxygens (including phenoxy) is 1. The number of furan rings is 1. The van der Waals surface area contributed by atoms with E-state index in [0.29, 0.717) is 35.0 Å². The predicted octanol–water partition coefficient (Wildman–Crippen LogP) is 4.08. The molecular weight excluding hydrogens is 392 g/mol. The molecule has 5 rings (SSSR count). The molecule has 1 aromatic heterocycles. The number of rotatable bonds is 3. The lowest BCUT2D eigenvalue weighted by atomic mass is 10.1. The number of fused-ring (bicyclic) bond motifs is 2. The van der Waals surface area contributed by atoms with Gasteiger partial charge in [0.05, 0.1) is 11.8 Å². The first-order valence-corrected chi connectivity index (χ1v) is 9.69. The highest BCUT2D eigenvalue weighted by Crippen LogP contribution is 2.33. The quantitative estimate of drug-likeness (QED) is 0.708. The molecule has 6 nitrogen and oxygen atoms in total. The van der Waals surface area contributed by atoms with Crippen molar-refractivity contribution >= 4 is 34.8 Å². The summed E-state index contributed by atoms with van der Waals surface area (Å²) in [6.07, 6.45) is 3.56. The lowest BCUT2D eigenvalue weighted by Crippen LogP contribution is -2.31. The smallest absolute Gasteiger partial charge is 0.265 e. The molecule has 0 bridgehead atoms. The lowest BCUT2D eigenvalue weighted by molar-refractivity contribution is -0.122. The number of amides is 2. The van der Waals surface area contributed by atoms with Crippen LogP contribution in [0.3, 0.4) is 0 Å². The van der Waals surface area contributed by atoms with Gasteiger partial charge < -0.3 is 19.4 Å². The van der Waals surface area contributed by atoms with Crippen LogP contribution in [-0.4, -0.2) is 24.5 Å². The Bertz CT molecular complexity index is 1110. The molecule has 1 atom stereocenters. The first-order chi connectivity index (χ1) is 14.1. The maximum Gasteiger partial charge on any atom is 0.265 e. The van der Waals surface area contributed by atoms with Crippen molar-refractivity contribution < 1.29 is 18.7 Å². The number of nitrogens with one attached hydrogen (secondary N) is 1. The zero-order valence-corrected chi connectivity index (χ0v) is 16.1. The monoisotopic (exact) mass is 408 g/mol. The van der Waals surface area contributed by atoms with Crippen molar-refractivity contribution in [1.29, 1.82) is 0 Å². The molecule has 0 spiro atoms. The van der Waals surface area contributed by atoms with E-state index in [0.717, 1.165) is 23.2 Å². The summed E-state index contributed by atoms with van der Waals surface area (Å²) in [5, 5.41) is 3.55. The predicted molar refractivity (Wildman–Crippen MR) is 109 cm³/mol. The number of halogens is 1. The van der Waals surface area contributed by atoms with Gasteiger partial charge in [-0.15, -0.1) is 0 Å². The van der Waals surface area contributed by atoms with Crippen LogP contribution in [0.1, 0.15) is 21.5 Å². The summed E-state index contributed by atoms with van der Waals surface area (Å²) in [5.41, 5.74) is 4.01. The Morgan fingerprint density at radius 2 is 2.00 bits per heavy atom. The summed E-state index contributed by atoms with van der Waals surface area (Å²) in [5.74, 6) is 0.392. The molecule has 2 amide bonds. The van der Waals surface area contributed by atoms with Crippen LogP contribution < -0.4 is 15.0 Å². The largest absolute Gasteiger partial charge is 0.480 e. The SMILES string of the molecule is O=C(Nc1ccc2c(c1)CCN2C(=O)c1ccoc1)[C@H]1Cc2cc(Cl)ccc2O1. The van der Waals surface area contributed by atoms with Crippen molar-refractivity contribution in [2.45, 2.75) is 18.9 Å². The van der Waals surface area contributed by atoms with E-state index in [4.69, 9.17) is 20.8 Å². The molecule has 2 aliphatic heterocycles. The number of anilines is 2. The molecule has 0 unspecified atom stereocenters. The fraction of sp³-hybridized carbons (Fsp3) is 0.182. The fourth-order valence-electron chi connectivity index (χ4n) is 3.82. The maximum atomic E-state index is 12.7. The molecule has 3 heterocycles. The first-order valence-electron chi connectivity index (χ1n) is 9.31. The van der Waals surface area contributed by atoms with Crippen LogP contribution in [0.15, 0.2) is 59.4 Å². The van der Waals surface area contributed by atoms with Crippen molar-refractivity contribution in [2.24, 2.45) is 0 Å². The molecule has 0 fully saturated rings. The molecule has 146 valence electrons. The second-order valence-electron chi connectivity index (χ2n) is 7.11. The Morgan fingerprint density at radius 1 is 1.10 bits per heavy atom. The van der Waals surface area contributed by atoms with E-state index in [9.17, 15) is 9.59 Å². The summed E-state index contributed by atoms with van der Waals surface area (Å²) in [4.78, 5) is 27.0. The topological polar surface area (TPSA) is 71.8 Å². The summed E-state index contributed by atoms with van der Waals surface area (Å²) in [6, 6.07) is 12.6. The minimum absolute atomic E-state index is 0.0925. The zero-order valence-electron chi connectivity index (χ0n) is 15.4. The van der Waals surface area contributed by atoms with Crippen molar-refractivity contribution in [3.05, 3.63) is 76.7 Å². The summed E-state index contributed by atoms with van der Waals surface area (Å²) in [6.45, 7) is 0.596. The second kappa shape index (κ2) is 6.97. The zero-order chi connectivity index (χ0) is 20.0. The van der Waals surface area contributed by atoms with Gasteiger partial charge in [0.15, 0.2) is 6.10 Å². The normalized spacial score (nSPS) is 16.9. The van der Waals surface area contributed by atoms with Crippen LogP contribution in [0.2, 0.25) is 5.02 Å². The summed E-state index contributed by atoms with van der Waals surface area (Å²) < 4.78 is 10.8. The molecule has 0 aliphatic carbocycles. The molecule has 2 aliphatic rings. The van der Waals surface area contributed by atoms with E-state index >= 15 is 0 Å². The van der Waals surface area contributed by atoms with Crippen molar-refractivity contribution in [1.82, 2.24) is 0 Å². The standard InChI is InChI=1S/C22H17ClN2O4/c23-16-1-4-19-15(9-16)11-20(29-19)21(26)24-17-2-3-18-13(10-17)5-7-25(18)22(27)14-6-8-28-12-14/h1-4,6,8-10,12,20H,5,7,11H2,(H,24,26)/t20-/m1/s1. The summed E-state index contributed by atoms with van der Waals surface area (Å²) >= 11 is 6.01. The van der Waals surface area contributed by atoms with Crippen LogP contribution in [0.5, 0.6) is 5.75 Å². The number of benzene rings is 2. The van der Waals surface area contributed by atoms with Crippen LogP contribution in [0.4, 0.5) is 11.4 Å². The molecule has 0 saturated carbocycles. The number of carbonyl (C=O) groups excluding carboxylic acids is 2. The van der Waals surface area contributed by atoms with Crippen LogP contribution in [0.25, 0.3) is 0 Å². The van der Waals surface area contributed by atoms with Crippen molar-refractivity contribution in [3.63, 3.8) is 0 Å². The van der Waals surface area contributed by atoms with Crippen molar-refractivity contribution in [3.8, 4) is 5.75 Å². The van der Waals surface area contributed by atoms with Gasteiger partial charge in [-0.05, 0) is 60.0 Å². The van der Waals surface area contributed by atoms with Crippen LogP contribution in [0, 0.1) is 0 Å². The molecule has 1 N–H and O–H groups in total. The average Bonchev–Trinajstić information content (AvgIpc) is 3.45. The highest BCUT2D eigenvalue weighted by Gasteiger charge is 2.30. The molecule has 3 aromatic rings. The van der Waals surface area contributed by atoms with Gasteiger partial charge in [-0.1, -0.05) is 11.6 Å². The van der Waals surface area contributed by atoms with Gasteiger partial charge in [-0.2, -0.15) is 0 Å². The van der Waals surface area contributed by atoms with Gasteiger partial charge in [0.25, 0.3) is 11.8 Å². The Hall–Kier alpha value is -3.25. The Labute approximate surface area is 172 Å². The third kappa shape index (κ3) is 3.25. The van der Waals surface area contributed by atoms with E-state index in [1.807, 2.05) is 18.2 Å². The number of hydrogen-bond donors (Lipinski definition) is 1. The Morgan fingerprint density at radius 3 is 2.83 bits per heavy atom. The fourth-order valence-corrected chi connectivity index (χ4v) is 4.01. The third-order valence-electron chi connectivity index (χ3n) is 5.25. The second-order valence-corrected chi connectivity index (χ2v) is 7.55. The lowest BCUT2D eigenvalue weighted by Gasteiger charge is -2.17. The first kappa shape index (κ1) is 17.8. The molecule has 2 aromatic carbocycles. The number of hydrogen-bond acceptors (Lipinski definition) is 4. The minimum atomic E-state index is -0.587. The van der Waals surface area contributed by atoms with Gasteiger partial charge in [-0.3, -0.25) is 9.59 Å². The van der Waals surface area contributed by atoms with E-state index in [1.54, 1.807) is 29.2 Å². The minimum Gasteiger partial charge on any atom is -0.480 e. The van der Waals surface area contributed by atoms with E-state index in [1.165, 1.54) is 12.5 Å². The highest BCUT2D eigenvalue weighted by atomic mass is 35.5. The van der Waals surface area contributed by atoms with Gasteiger partial charge in [-0.25, -0.2) is 0 Å². The molecule has 29 heavy (non-hydrogen) atoms. The molecule has 7 heteroatoms.